The van der Waals surface area contributed by atoms with E-state index < -0.39 is 0 Å². The van der Waals surface area contributed by atoms with E-state index in [9.17, 15) is 4.79 Å². The highest BCUT2D eigenvalue weighted by Gasteiger charge is 2.49. The molecule has 0 spiro atoms. The zero-order valence-electron chi connectivity index (χ0n) is 12.8. The zero-order valence-corrected chi connectivity index (χ0v) is 12.8. The highest BCUT2D eigenvalue weighted by molar-refractivity contribution is 5.97. The number of fused-ring (bicyclic) bond motifs is 1. The predicted octanol–water partition coefficient (Wildman–Crippen LogP) is 3.28. The molecule has 0 saturated heterocycles. The molecule has 0 aromatic rings. The summed E-state index contributed by atoms with van der Waals surface area (Å²) in [4.78, 5) is 12.1. The van der Waals surface area contributed by atoms with E-state index in [0.29, 0.717) is 13.0 Å². The minimum absolute atomic E-state index is 0.0229. The Labute approximate surface area is 116 Å². The average molecular weight is 266 g/mol. The summed E-state index contributed by atoms with van der Waals surface area (Å²) in [6.07, 6.45) is 3.76. The van der Waals surface area contributed by atoms with Crippen molar-refractivity contribution in [2.24, 2.45) is 5.41 Å². The van der Waals surface area contributed by atoms with Crippen molar-refractivity contribution in [1.82, 2.24) is 0 Å². The summed E-state index contributed by atoms with van der Waals surface area (Å²) >= 11 is 0. The first-order chi connectivity index (χ1) is 8.78. The first kappa shape index (κ1) is 14.7. The maximum absolute atomic E-state index is 12.1. The number of methoxy groups -OCH3 is 1. The number of hydrogen-bond donors (Lipinski definition) is 0. The van der Waals surface area contributed by atoms with Gasteiger partial charge in [-0.3, -0.25) is 4.79 Å². The minimum atomic E-state index is -0.133. The Balaban J connectivity index is 2.31. The van der Waals surface area contributed by atoms with Crippen LogP contribution in [0.1, 0.15) is 53.4 Å². The van der Waals surface area contributed by atoms with Gasteiger partial charge in [0.15, 0.2) is 5.78 Å². The molecule has 2 atom stereocenters. The quantitative estimate of drug-likeness (QED) is 0.786. The van der Waals surface area contributed by atoms with E-state index in [1.807, 2.05) is 0 Å². The van der Waals surface area contributed by atoms with Crippen molar-refractivity contribution in [1.29, 1.82) is 0 Å². The third-order valence-corrected chi connectivity index (χ3v) is 4.41. The van der Waals surface area contributed by atoms with Gasteiger partial charge < -0.3 is 9.47 Å². The van der Waals surface area contributed by atoms with Gasteiger partial charge in [-0.1, -0.05) is 12.5 Å². The van der Waals surface area contributed by atoms with Crippen molar-refractivity contribution in [2.75, 3.05) is 13.7 Å². The lowest BCUT2D eigenvalue weighted by atomic mass is 9.71. The SMILES string of the molecule is COCC1=C2CC[C@@H](OC(C)(C)C)[C@]2(C)CCC1=O. The van der Waals surface area contributed by atoms with Crippen molar-refractivity contribution in [3.63, 3.8) is 0 Å². The van der Waals surface area contributed by atoms with Crippen LogP contribution < -0.4 is 0 Å². The van der Waals surface area contributed by atoms with E-state index in [1.54, 1.807) is 7.11 Å². The normalized spacial score (nSPS) is 31.8. The molecule has 2 rings (SSSR count). The molecule has 0 radical (unpaired) electrons. The van der Waals surface area contributed by atoms with Crippen molar-refractivity contribution in [2.45, 2.75) is 65.1 Å². The number of rotatable bonds is 3. The van der Waals surface area contributed by atoms with Gasteiger partial charge in [0, 0.05) is 24.5 Å². The van der Waals surface area contributed by atoms with Crippen molar-refractivity contribution < 1.29 is 14.3 Å². The van der Waals surface area contributed by atoms with Crippen LogP contribution in [-0.2, 0) is 14.3 Å². The van der Waals surface area contributed by atoms with Crippen molar-refractivity contribution in [3.8, 4) is 0 Å². The number of carbonyl (C=O) groups is 1. The van der Waals surface area contributed by atoms with E-state index in [4.69, 9.17) is 9.47 Å². The Morgan fingerprint density at radius 2 is 2.00 bits per heavy atom. The number of Topliss-reactive ketones (excluding diaryl/α,β-unsaturated/α-hetero) is 1. The molecule has 0 amide bonds. The van der Waals surface area contributed by atoms with Crippen molar-refractivity contribution >= 4 is 5.78 Å². The molecule has 0 aromatic carbocycles. The van der Waals surface area contributed by atoms with E-state index in [-0.39, 0.29) is 22.9 Å². The first-order valence-electron chi connectivity index (χ1n) is 7.20. The molecule has 0 bridgehead atoms. The van der Waals surface area contributed by atoms with Gasteiger partial charge in [-0.15, -0.1) is 0 Å². The van der Waals surface area contributed by atoms with Crippen LogP contribution in [0.25, 0.3) is 0 Å². The van der Waals surface area contributed by atoms with Gasteiger partial charge in [0.2, 0.25) is 0 Å². The van der Waals surface area contributed by atoms with Crippen LogP contribution in [-0.4, -0.2) is 31.2 Å². The molecule has 0 unspecified atom stereocenters. The monoisotopic (exact) mass is 266 g/mol. The maximum atomic E-state index is 12.1. The van der Waals surface area contributed by atoms with Crippen LogP contribution >= 0.6 is 0 Å². The Morgan fingerprint density at radius 3 is 2.58 bits per heavy atom. The van der Waals surface area contributed by atoms with Gasteiger partial charge in [-0.05, 0) is 40.0 Å². The lowest BCUT2D eigenvalue weighted by Gasteiger charge is -2.40. The molecule has 2 aliphatic carbocycles. The van der Waals surface area contributed by atoms with Crippen LogP contribution in [0.3, 0.4) is 0 Å². The molecule has 108 valence electrons. The van der Waals surface area contributed by atoms with Gasteiger partial charge in [0.05, 0.1) is 18.3 Å². The molecule has 0 aliphatic heterocycles. The molecule has 2 aliphatic rings. The summed E-state index contributed by atoms with van der Waals surface area (Å²) in [7, 11) is 1.66. The summed E-state index contributed by atoms with van der Waals surface area (Å²) in [6.45, 7) is 9.01. The molecule has 3 nitrogen and oxygen atoms in total. The fourth-order valence-electron chi connectivity index (χ4n) is 3.50. The highest BCUT2D eigenvalue weighted by atomic mass is 16.5. The van der Waals surface area contributed by atoms with E-state index in [1.165, 1.54) is 5.57 Å². The highest BCUT2D eigenvalue weighted by Crippen LogP contribution is 2.52. The molecule has 0 N–H and O–H groups in total. The van der Waals surface area contributed by atoms with E-state index in [0.717, 1.165) is 24.8 Å². The molecule has 1 saturated carbocycles. The summed E-state index contributed by atoms with van der Waals surface area (Å²) in [5.41, 5.74) is 2.09. The van der Waals surface area contributed by atoms with Gasteiger partial charge in [0.1, 0.15) is 0 Å². The summed E-state index contributed by atoms with van der Waals surface area (Å²) in [5, 5.41) is 0. The van der Waals surface area contributed by atoms with Crippen LogP contribution in [0.15, 0.2) is 11.1 Å². The summed E-state index contributed by atoms with van der Waals surface area (Å²) in [6, 6.07) is 0. The lowest BCUT2D eigenvalue weighted by Crippen LogP contribution is -2.39. The third-order valence-electron chi connectivity index (χ3n) is 4.41. The van der Waals surface area contributed by atoms with Crippen LogP contribution in [0.4, 0.5) is 0 Å². The molecule has 0 heterocycles. The van der Waals surface area contributed by atoms with E-state index >= 15 is 0 Å². The van der Waals surface area contributed by atoms with Crippen molar-refractivity contribution in [3.05, 3.63) is 11.1 Å². The smallest absolute Gasteiger partial charge is 0.161 e. The van der Waals surface area contributed by atoms with Gasteiger partial charge in [-0.2, -0.15) is 0 Å². The van der Waals surface area contributed by atoms with Crippen LogP contribution in [0, 0.1) is 5.41 Å². The Hall–Kier alpha value is -0.670. The van der Waals surface area contributed by atoms with Crippen LogP contribution in [0.5, 0.6) is 0 Å². The molecular formula is C16H26O3. The Kier molecular flexibility index (Phi) is 3.90. The number of ketones is 1. The summed E-state index contributed by atoms with van der Waals surface area (Å²) < 4.78 is 11.5. The van der Waals surface area contributed by atoms with E-state index in [2.05, 4.69) is 27.7 Å². The molecule has 19 heavy (non-hydrogen) atoms. The number of carbonyl (C=O) groups excluding carboxylic acids is 1. The van der Waals surface area contributed by atoms with Crippen LogP contribution in [0.2, 0.25) is 0 Å². The second-order valence-corrected chi connectivity index (χ2v) is 6.99. The molecular weight excluding hydrogens is 240 g/mol. The Morgan fingerprint density at radius 1 is 1.32 bits per heavy atom. The molecule has 0 aromatic heterocycles. The zero-order chi connectivity index (χ0) is 14.3. The third kappa shape index (κ3) is 2.77. The predicted molar refractivity (Wildman–Crippen MR) is 75.1 cm³/mol. The van der Waals surface area contributed by atoms with Gasteiger partial charge in [0.25, 0.3) is 0 Å². The fraction of sp³-hybridized carbons (Fsp3) is 0.812. The number of ether oxygens (including phenoxy) is 2. The second kappa shape index (κ2) is 5.02. The second-order valence-electron chi connectivity index (χ2n) is 6.99. The average Bonchev–Trinajstić information content (AvgIpc) is 2.60. The molecule has 1 fully saturated rings. The van der Waals surface area contributed by atoms with Gasteiger partial charge >= 0.3 is 0 Å². The summed E-state index contributed by atoms with van der Waals surface area (Å²) in [5.74, 6) is 0.269. The topological polar surface area (TPSA) is 35.5 Å². The van der Waals surface area contributed by atoms with Gasteiger partial charge in [-0.25, -0.2) is 0 Å². The number of hydrogen-bond acceptors (Lipinski definition) is 3. The standard InChI is InChI=1S/C16H26O3/c1-15(2,3)19-14-7-6-12-11(10-18-5)13(17)8-9-16(12,14)4/h14H,6-10H2,1-5H3/t14-,16-/m1/s1. The maximum Gasteiger partial charge on any atom is 0.161 e. The fourth-order valence-corrected chi connectivity index (χ4v) is 3.50. The molecule has 3 heteroatoms. The minimum Gasteiger partial charge on any atom is -0.380 e. The first-order valence-corrected chi connectivity index (χ1v) is 7.20. The largest absolute Gasteiger partial charge is 0.380 e. The Bertz CT molecular complexity index is 403. The lowest BCUT2D eigenvalue weighted by molar-refractivity contribution is -0.120.